The Balaban J connectivity index is 1.22. The topological polar surface area (TPSA) is 31.0 Å². The van der Waals surface area contributed by atoms with Gasteiger partial charge in [0.15, 0.2) is 0 Å². The maximum atomic E-state index is 6.09. The fourth-order valence-electron chi connectivity index (χ4n) is 7.17. The van der Waals surface area contributed by atoms with Crippen LogP contribution in [0.25, 0.3) is 93.6 Å². The molecular formula is C39H22N2O. The van der Waals surface area contributed by atoms with Crippen molar-refractivity contribution in [1.82, 2.24) is 9.55 Å². The summed E-state index contributed by atoms with van der Waals surface area (Å²) >= 11 is 0. The van der Waals surface area contributed by atoms with Crippen LogP contribution < -0.4 is 0 Å². The van der Waals surface area contributed by atoms with Gasteiger partial charge < -0.3 is 8.98 Å². The van der Waals surface area contributed by atoms with Crippen LogP contribution in [0.1, 0.15) is 0 Å². The predicted octanol–water partition coefficient (Wildman–Crippen LogP) is 10.5. The van der Waals surface area contributed by atoms with Crippen LogP contribution in [0.3, 0.4) is 0 Å². The molecule has 1 aliphatic carbocycles. The summed E-state index contributed by atoms with van der Waals surface area (Å²) in [6.07, 6.45) is 4.04. The molecule has 3 heteroatoms. The molecule has 0 saturated carbocycles. The Bertz CT molecular complexity index is 2550. The van der Waals surface area contributed by atoms with Crippen molar-refractivity contribution in [3.05, 3.63) is 134 Å². The molecule has 0 unspecified atom stereocenters. The summed E-state index contributed by atoms with van der Waals surface area (Å²) in [6.45, 7) is 0. The van der Waals surface area contributed by atoms with Crippen LogP contribution in [-0.4, -0.2) is 9.55 Å². The third-order valence-corrected chi connectivity index (χ3v) is 9.03. The van der Waals surface area contributed by atoms with E-state index in [0.29, 0.717) is 0 Å². The lowest BCUT2D eigenvalue weighted by Gasteiger charge is -2.13. The maximum absolute atomic E-state index is 6.09. The molecule has 10 rings (SSSR count). The van der Waals surface area contributed by atoms with Crippen molar-refractivity contribution >= 4 is 54.5 Å². The number of hydrogen-bond donors (Lipinski definition) is 0. The van der Waals surface area contributed by atoms with Crippen molar-refractivity contribution in [2.45, 2.75) is 0 Å². The van der Waals surface area contributed by atoms with E-state index in [4.69, 9.17) is 9.40 Å². The van der Waals surface area contributed by atoms with Gasteiger partial charge in [0.2, 0.25) is 0 Å². The number of furan rings is 1. The van der Waals surface area contributed by atoms with E-state index < -0.39 is 0 Å². The second-order valence-corrected chi connectivity index (χ2v) is 11.2. The maximum Gasteiger partial charge on any atom is 0.135 e. The lowest BCUT2D eigenvalue weighted by Crippen LogP contribution is -1.96. The van der Waals surface area contributed by atoms with E-state index in [9.17, 15) is 0 Å². The zero-order valence-corrected chi connectivity index (χ0v) is 22.5. The largest absolute Gasteiger partial charge is 0.456 e. The number of benzene rings is 6. The van der Waals surface area contributed by atoms with Crippen LogP contribution in [-0.2, 0) is 0 Å². The Morgan fingerprint density at radius 2 is 1.14 bits per heavy atom. The molecule has 194 valence electrons. The van der Waals surface area contributed by atoms with Crippen molar-refractivity contribution in [1.29, 1.82) is 0 Å². The highest BCUT2D eigenvalue weighted by molar-refractivity contribution is 6.18. The fraction of sp³-hybridized carbons (Fsp3) is 0. The van der Waals surface area contributed by atoms with Crippen molar-refractivity contribution in [2.75, 3.05) is 0 Å². The fourth-order valence-corrected chi connectivity index (χ4v) is 7.17. The van der Waals surface area contributed by atoms with Crippen LogP contribution in [0.5, 0.6) is 0 Å². The van der Waals surface area contributed by atoms with Crippen LogP contribution in [0.4, 0.5) is 0 Å². The molecule has 0 fully saturated rings. The molecule has 0 bridgehead atoms. The van der Waals surface area contributed by atoms with E-state index >= 15 is 0 Å². The first kappa shape index (κ1) is 22.1. The molecule has 0 N–H and O–H groups in total. The van der Waals surface area contributed by atoms with E-state index in [1.807, 2.05) is 24.5 Å². The minimum Gasteiger partial charge on any atom is -0.456 e. The molecule has 3 heterocycles. The Morgan fingerprint density at radius 3 is 2.05 bits per heavy atom. The van der Waals surface area contributed by atoms with Gasteiger partial charge in [0.05, 0.1) is 16.7 Å². The summed E-state index contributed by atoms with van der Waals surface area (Å²) in [4.78, 5) is 4.72. The van der Waals surface area contributed by atoms with E-state index in [1.54, 1.807) is 0 Å². The molecule has 0 saturated heterocycles. The molecule has 0 aliphatic heterocycles. The Kier molecular flexibility index (Phi) is 4.18. The highest BCUT2D eigenvalue weighted by Crippen LogP contribution is 2.48. The molecule has 0 atom stereocenters. The van der Waals surface area contributed by atoms with Gasteiger partial charge in [-0.25, -0.2) is 0 Å². The molecule has 1 aliphatic rings. The summed E-state index contributed by atoms with van der Waals surface area (Å²) in [5.74, 6) is 0. The van der Waals surface area contributed by atoms with Crippen molar-refractivity contribution < 1.29 is 4.42 Å². The number of fused-ring (bicyclic) bond motifs is 9. The van der Waals surface area contributed by atoms with Gasteiger partial charge in [-0.1, -0.05) is 78.9 Å². The SMILES string of the molecule is c1ccc2c(c1)-c1ccc(-n3c4ccccc4c4cc(-c5ccc6oc7ccccc7c6c5)ccc43)c3cncc-2c13. The molecular weight excluding hydrogens is 512 g/mol. The molecule has 0 spiro atoms. The van der Waals surface area contributed by atoms with Crippen LogP contribution in [0.15, 0.2) is 138 Å². The average Bonchev–Trinajstić information content (AvgIpc) is 3.70. The third kappa shape index (κ3) is 2.82. The monoisotopic (exact) mass is 534 g/mol. The van der Waals surface area contributed by atoms with Gasteiger partial charge >= 0.3 is 0 Å². The Morgan fingerprint density at radius 1 is 0.452 bits per heavy atom. The number of pyridine rings is 1. The molecule has 0 radical (unpaired) electrons. The highest BCUT2D eigenvalue weighted by Gasteiger charge is 2.24. The van der Waals surface area contributed by atoms with Gasteiger partial charge in [0.25, 0.3) is 0 Å². The van der Waals surface area contributed by atoms with Crippen molar-refractivity contribution in [2.24, 2.45) is 0 Å². The van der Waals surface area contributed by atoms with Gasteiger partial charge in [-0.05, 0) is 70.3 Å². The number of aromatic nitrogens is 2. The number of rotatable bonds is 2. The Hall–Kier alpha value is -5.67. The normalized spacial score (nSPS) is 12.3. The number of nitrogens with zero attached hydrogens (tertiary/aromatic N) is 2. The standard InChI is InChI=1S/C39H22N2O/c1-2-8-26-25(7-1)29-15-17-36(33-22-40-21-32(26)39(29)33)41-34-11-5-3-9-27(34)30-19-23(13-16-35(30)41)24-14-18-38-31(20-24)28-10-4-6-12-37(28)42-38/h1-22H. The molecule has 9 aromatic rings. The van der Waals surface area contributed by atoms with Gasteiger partial charge in [-0.2, -0.15) is 0 Å². The van der Waals surface area contributed by atoms with E-state index in [0.717, 1.165) is 27.6 Å². The predicted molar refractivity (Wildman–Crippen MR) is 173 cm³/mol. The lowest BCUT2D eigenvalue weighted by atomic mass is 10.0. The highest BCUT2D eigenvalue weighted by atomic mass is 16.3. The minimum atomic E-state index is 0.917. The quantitative estimate of drug-likeness (QED) is 0.221. The second-order valence-electron chi connectivity index (χ2n) is 11.2. The average molecular weight is 535 g/mol. The zero-order chi connectivity index (χ0) is 27.4. The molecule has 6 aromatic carbocycles. The van der Waals surface area contributed by atoms with Crippen LogP contribution in [0, 0.1) is 0 Å². The smallest absolute Gasteiger partial charge is 0.135 e. The van der Waals surface area contributed by atoms with Crippen LogP contribution >= 0.6 is 0 Å². The van der Waals surface area contributed by atoms with Crippen molar-refractivity contribution in [3.8, 4) is 39.1 Å². The Labute approximate surface area is 240 Å². The van der Waals surface area contributed by atoms with E-state index in [1.165, 1.54) is 66.0 Å². The zero-order valence-electron chi connectivity index (χ0n) is 22.5. The van der Waals surface area contributed by atoms with Gasteiger partial charge in [-0.3, -0.25) is 4.98 Å². The van der Waals surface area contributed by atoms with E-state index in [-0.39, 0.29) is 0 Å². The molecule has 42 heavy (non-hydrogen) atoms. The molecule has 3 nitrogen and oxygen atoms in total. The van der Waals surface area contributed by atoms with Gasteiger partial charge in [0.1, 0.15) is 11.2 Å². The lowest BCUT2D eigenvalue weighted by molar-refractivity contribution is 0.669. The number of para-hydroxylation sites is 2. The van der Waals surface area contributed by atoms with Gasteiger partial charge in [-0.15, -0.1) is 0 Å². The second kappa shape index (κ2) is 7.96. The summed E-state index contributed by atoms with van der Waals surface area (Å²) in [7, 11) is 0. The minimum absolute atomic E-state index is 0.917. The van der Waals surface area contributed by atoms with Crippen molar-refractivity contribution in [3.63, 3.8) is 0 Å². The molecule has 0 amide bonds. The summed E-state index contributed by atoms with van der Waals surface area (Å²) in [5.41, 5.74) is 12.8. The molecule has 3 aromatic heterocycles. The van der Waals surface area contributed by atoms with Gasteiger partial charge in [0, 0.05) is 50.3 Å². The first-order chi connectivity index (χ1) is 20.8. The summed E-state index contributed by atoms with van der Waals surface area (Å²) < 4.78 is 8.50. The number of hydrogen-bond acceptors (Lipinski definition) is 2. The summed E-state index contributed by atoms with van der Waals surface area (Å²) in [5, 5.41) is 7.22. The van der Waals surface area contributed by atoms with Crippen LogP contribution in [0.2, 0.25) is 0 Å². The summed E-state index contributed by atoms with van der Waals surface area (Å²) in [6, 6.07) is 43.6. The van der Waals surface area contributed by atoms with E-state index in [2.05, 4.69) is 114 Å². The third-order valence-electron chi connectivity index (χ3n) is 9.03. The first-order valence-electron chi connectivity index (χ1n) is 14.3. The first-order valence-corrected chi connectivity index (χ1v) is 14.3.